The van der Waals surface area contributed by atoms with E-state index < -0.39 is 0 Å². The number of carbonyl (C=O) groups excluding carboxylic acids is 1. The second-order valence-electron chi connectivity index (χ2n) is 10.4. The second-order valence-corrected chi connectivity index (χ2v) is 10.4. The van der Waals surface area contributed by atoms with E-state index in [9.17, 15) is 14.3 Å². The van der Waals surface area contributed by atoms with Gasteiger partial charge in [-0.2, -0.15) is 18.2 Å². The number of aromatic nitrogens is 1. The van der Waals surface area contributed by atoms with Gasteiger partial charge in [-0.15, -0.1) is 12.1 Å². The van der Waals surface area contributed by atoms with Crippen LogP contribution in [0.4, 0.5) is 4.39 Å². The predicted molar refractivity (Wildman–Crippen MR) is 158 cm³/mol. The van der Waals surface area contributed by atoms with Crippen molar-refractivity contribution in [3.8, 4) is 11.6 Å². The van der Waals surface area contributed by atoms with E-state index in [1.165, 1.54) is 12.1 Å². The molecule has 0 spiro atoms. The number of nitrogens with zero attached hydrogens (tertiary/aromatic N) is 1. The van der Waals surface area contributed by atoms with Gasteiger partial charge in [0.2, 0.25) is 5.88 Å². The number of aliphatic hydroxyl groups excluding tert-OH is 1. The minimum Gasteiger partial charge on any atom is -0.512 e. The van der Waals surface area contributed by atoms with Crippen LogP contribution in [-0.2, 0) is 24.9 Å². The van der Waals surface area contributed by atoms with Crippen LogP contribution in [0.25, 0.3) is 21.5 Å². The largest absolute Gasteiger partial charge is 0.512 e. The Kier molecular flexibility index (Phi) is 12.0. The van der Waals surface area contributed by atoms with Crippen molar-refractivity contribution in [2.45, 2.75) is 67.2 Å². The zero-order valence-corrected chi connectivity index (χ0v) is 26.6. The molecule has 215 valence electrons. The molecule has 0 amide bonds. The molecule has 1 aromatic heterocycles. The zero-order chi connectivity index (χ0) is 28.6. The molecule has 4 nitrogen and oxygen atoms in total. The topological polar surface area (TPSA) is 59.4 Å². The Morgan fingerprint density at radius 2 is 1.57 bits per heavy atom. The summed E-state index contributed by atoms with van der Waals surface area (Å²) in [7, 11) is 0. The second kappa shape index (κ2) is 14.5. The van der Waals surface area contributed by atoms with Gasteiger partial charge in [0.05, 0.1) is 0 Å². The standard InChI is InChI=1S/C19H11FNO.C15H28O2.Ir/c20-18-8-4-5-13-11-14-9-10-21-19(17(14)12-16(13)18)22-15-6-2-1-3-7-15;1-7-14(5,8-2)12(16)11-13(17)15(6,9-3)10-4;/h1-6,8-12H;11,16H,7-10H2,1-6H3;/q-1;;/b;12-11-;. The number of carbonyl (C=O) groups is 1. The molecule has 0 bridgehead atoms. The van der Waals surface area contributed by atoms with Crippen LogP contribution in [-0.4, -0.2) is 15.9 Å². The Morgan fingerprint density at radius 3 is 2.17 bits per heavy atom. The fourth-order valence-corrected chi connectivity index (χ4v) is 4.19. The summed E-state index contributed by atoms with van der Waals surface area (Å²) in [6, 6.07) is 21.0. The average Bonchev–Trinajstić information content (AvgIpc) is 2.96. The first-order chi connectivity index (χ1) is 18.6. The molecule has 1 N–H and O–H groups in total. The summed E-state index contributed by atoms with van der Waals surface area (Å²) < 4.78 is 19.8. The smallest absolute Gasteiger partial charge is 0.224 e. The average molecular weight is 721 g/mol. The molecule has 0 atom stereocenters. The number of halogens is 1. The van der Waals surface area contributed by atoms with E-state index in [4.69, 9.17) is 4.74 Å². The van der Waals surface area contributed by atoms with E-state index in [1.807, 2.05) is 77.9 Å². The number of fused-ring (bicyclic) bond motifs is 2. The Bertz CT molecular complexity index is 1440. The molecule has 0 saturated carbocycles. The maximum Gasteiger partial charge on any atom is 0.224 e. The van der Waals surface area contributed by atoms with Crippen LogP contribution >= 0.6 is 0 Å². The molecule has 3 aromatic carbocycles. The first kappa shape index (κ1) is 33.1. The van der Waals surface area contributed by atoms with Crippen molar-refractivity contribution in [1.29, 1.82) is 0 Å². The number of pyridine rings is 1. The third-order valence-corrected chi connectivity index (χ3v) is 8.16. The first-order valence-electron chi connectivity index (χ1n) is 13.7. The number of rotatable bonds is 9. The molecule has 4 aromatic rings. The molecule has 4 rings (SSSR count). The van der Waals surface area contributed by atoms with Gasteiger partial charge in [-0.3, -0.25) is 4.79 Å². The van der Waals surface area contributed by atoms with Crippen molar-refractivity contribution in [2.24, 2.45) is 10.8 Å². The number of allylic oxidation sites excluding steroid dienone is 2. The minimum absolute atomic E-state index is 0. The Labute approximate surface area is 251 Å². The van der Waals surface area contributed by atoms with E-state index in [1.54, 1.807) is 24.4 Å². The third kappa shape index (κ3) is 7.56. The van der Waals surface area contributed by atoms with Crippen molar-refractivity contribution >= 4 is 27.3 Å². The van der Waals surface area contributed by atoms with Gasteiger partial charge in [-0.1, -0.05) is 53.7 Å². The van der Waals surface area contributed by atoms with Crippen molar-refractivity contribution in [1.82, 2.24) is 4.98 Å². The van der Waals surface area contributed by atoms with Gasteiger partial charge in [0.1, 0.15) is 11.6 Å². The summed E-state index contributed by atoms with van der Waals surface area (Å²) in [4.78, 5) is 16.5. The van der Waals surface area contributed by atoms with Gasteiger partial charge < -0.3 is 9.84 Å². The normalized spacial score (nSPS) is 11.9. The number of para-hydroxylation sites is 1. The number of hydrogen-bond donors (Lipinski definition) is 1. The summed E-state index contributed by atoms with van der Waals surface area (Å²) in [5, 5.41) is 13.3. The van der Waals surface area contributed by atoms with E-state index in [2.05, 4.69) is 11.1 Å². The fraction of sp³-hybridized carbons (Fsp3) is 0.353. The van der Waals surface area contributed by atoms with E-state index >= 15 is 0 Å². The van der Waals surface area contributed by atoms with Crippen LogP contribution in [0.1, 0.15) is 67.2 Å². The number of benzene rings is 3. The Morgan fingerprint density at radius 1 is 0.925 bits per heavy atom. The molecule has 6 heteroatoms. The zero-order valence-electron chi connectivity index (χ0n) is 24.2. The van der Waals surface area contributed by atoms with Gasteiger partial charge in [-0.25, -0.2) is 9.37 Å². The molecule has 0 saturated heterocycles. The number of ketones is 1. The fourth-order valence-electron chi connectivity index (χ4n) is 4.19. The SMILES string of the molecule is CCC(C)(CC)C(=O)/C=C(\O)C(C)(CC)CC.Fc1cccc2cc3ccnc(Oc4[c-]cccc4)c3cc12.[Ir]. The van der Waals surface area contributed by atoms with Crippen LogP contribution in [0.5, 0.6) is 11.6 Å². The van der Waals surface area contributed by atoms with Gasteiger partial charge >= 0.3 is 0 Å². The monoisotopic (exact) mass is 721 g/mol. The van der Waals surface area contributed by atoms with E-state index in [0.29, 0.717) is 17.0 Å². The van der Waals surface area contributed by atoms with Gasteiger partial charge in [0.15, 0.2) is 5.78 Å². The quantitative estimate of drug-likeness (QED) is 0.0810. The van der Waals surface area contributed by atoms with Gasteiger partial charge in [0.25, 0.3) is 0 Å². The number of aliphatic hydroxyl groups is 1. The number of ether oxygens (including phenoxy) is 1. The summed E-state index contributed by atoms with van der Waals surface area (Å²) in [6.07, 6.45) is 6.44. The Hall–Kier alpha value is -3.08. The molecule has 0 aliphatic rings. The summed E-state index contributed by atoms with van der Waals surface area (Å²) >= 11 is 0. The summed E-state index contributed by atoms with van der Waals surface area (Å²) in [5.74, 6) is 1.07. The maximum absolute atomic E-state index is 14.0. The molecular weight excluding hydrogens is 682 g/mol. The van der Waals surface area contributed by atoms with Crippen LogP contribution in [0.15, 0.2) is 78.7 Å². The van der Waals surface area contributed by atoms with Crippen LogP contribution in [0.2, 0.25) is 0 Å². The summed E-state index contributed by atoms with van der Waals surface area (Å²) in [5.41, 5.74) is -0.603. The van der Waals surface area contributed by atoms with E-state index in [-0.39, 0.29) is 48.3 Å². The predicted octanol–water partition coefficient (Wildman–Crippen LogP) is 9.77. The number of hydrogen-bond acceptors (Lipinski definition) is 4. The van der Waals surface area contributed by atoms with Crippen molar-refractivity contribution in [3.05, 3.63) is 90.6 Å². The minimum atomic E-state index is -0.337. The molecule has 0 unspecified atom stereocenters. The van der Waals surface area contributed by atoms with Crippen LogP contribution in [0.3, 0.4) is 0 Å². The molecule has 40 heavy (non-hydrogen) atoms. The molecule has 0 aliphatic carbocycles. The molecule has 0 aliphatic heterocycles. The summed E-state index contributed by atoms with van der Waals surface area (Å²) in [6.45, 7) is 12.1. The molecular formula is C34H39FIrNO3-. The van der Waals surface area contributed by atoms with Crippen molar-refractivity contribution in [2.75, 3.05) is 0 Å². The molecule has 1 heterocycles. The maximum atomic E-state index is 14.0. The van der Waals surface area contributed by atoms with Crippen molar-refractivity contribution < 1.29 is 39.1 Å². The third-order valence-electron chi connectivity index (χ3n) is 8.16. The Balaban J connectivity index is 0.000000285. The molecule has 0 fully saturated rings. The molecule has 1 radical (unpaired) electrons. The first-order valence-corrected chi connectivity index (χ1v) is 13.7. The van der Waals surface area contributed by atoms with Gasteiger partial charge in [-0.05, 0) is 60.7 Å². The van der Waals surface area contributed by atoms with Crippen LogP contribution < -0.4 is 4.74 Å². The van der Waals surface area contributed by atoms with Crippen LogP contribution in [0, 0.1) is 22.7 Å². The van der Waals surface area contributed by atoms with E-state index in [0.717, 1.165) is 41.8 Å². The van der Waals surface area contributed by atoms with Crippen molar-refractivity contribution in [3.63, 3.8) is 0 Å². The van der Waals surface area contributed by atoms with Gasteiger partial charge in [0, 0.05) is 59.7 Å².